The highest BCUT2D eigenvalue weighted by Gasteiger charge is 2.16. The Morgan fingerprint density at radius 2 is 2.11 bits per heavy atom. The number of rotatable bonds is 3. The van der Waals surface area contributed by atoms with Gasteiger partial charge in [-0.3, -0.25) is 4.79 Å². The van der Waals surface area contributed by atoms with Gasteiger partial charge in [-0.1, -0.05) is 19.3 Å². The van der Waals surface area contributed by atoms with E-state index in [4.69, 9.17) is 0 Å². The Kier molecular flexibility index (Phi) is 4.12. The molecule has 0 atom stereocenters. The number of hydrogen-bond donors (Lipinski definition) is 0. The van der Waals surface area contributed by atoms with Gasteiger partial charge in [-0.15, -0.1) is 0 Å². The van der Waals surface area contributed by atoms with Crippen LogP contribution in [0.25, 0.3) is 0 Å². The Hall–Kier alpha value is -1.65. The predicted molar refractivity (Wildman–Crippen MR) is 66.4 cm³/mol. The molecule has 18 heavy (non-hydrogen) atoms. The Labute approximate surface area is 106 Å². The molecule has 0 aliphatic heterocycles. The summed E-state index contributed by atoms with van der Waals surface area (Å²) in [4.78, 5) is 23.1. The summed E-state index contributed by atoms with van der Waals surface area (Å²) in [5, 5.41) is 4.07. The first-order valence-corrected chi connectivity index (χ1v) is 6.37. The molecule has 2 rings (SSSR count). The van der Waals surface area contributed by atoms with Gasteiger partial charge >= 0.3 is 5.97 Å². The summed E-state index contributed by atoms with van der Waals surface area (Å²) >= 11 is 0. The molecule has 5 heteroatoms. The van der Waals surface area contributed by atoms with Crippen molar-refractivity contribution in [3.8, 4) is 0 Å². The second-order valence-electron chi connectivity index (χ2n) is 4.73. The van der Waals surface area contributed by atoms with Crippen molar-refractivity contribution in [2.75, 3.05) is 7.11 Å². The number of ether oxygens (including phenoxy) is 1. The number of nitrogens with zero attached hydrogens (tertiary/aromatic N) is 2. The molecule has 0 aromatic carbocycles. The molecular weight excluding hydrogens is 232 g/mol. The Morgan fingerprint density at radius 3 is 2.78 bits per heavy atom. The van der Waals surface area contributed by atoms with Crippen molar-refractivity contribution in [1.29, 1.82) is 0 Å². The van der Waals surface area contributed by atoms with Crippen LogP contribution in [0.5, 0.6) is 0 Å². The summed E-state index contributed by atoms with van der Waals surface area (Å²) in [5.41, 5.74) is 0.0288. The van der Waals surface area contributed by atoms with Crippen molar-refractivity contribution in [3.63, 3.8) is 0 Å². The van der Waals surface area contributed by atoms with Crippen molar-refractivity contribution in [1.82, 2.24) is 9.78 Å². The number of aromatic nitrogens is 2. The number of methoxy groups -OCH3 is 1. The Bertz CT molecular complexity index is 475. The van der Waals surface area contributed by atoms with Crippen LogP contribution in [0.4, 0.5) is 0 Å². The van der Waals surface area contributed by atoms with Gasteiger partial charge in [-0.05, 0) is 24.8 Å². The highest BCUT2D eigenvalue weighted by Crippen LogP contribution is 2.24. The molecule has 5 nitrogen and oxygen atoms in total. The van der Waals surface area contributed by atoms with Crippen LogP contribution in [0.15, 0.2) is 16.9 Å². The highest BCUT2D eigenvalue weighted by molar-refractivity contribution is 5.86. The lowest BCUT2D eigenvalue weighted by Gasteiger charge is -2.21. The normalized spacial score (nSPS) is 16.5. The quantitative estimate of drug-likeness (QED) is 0.765. The summed E-state index contributed by atoms with van der Waals surface area (Å²) in [7, 11) is 1.31. The molecule has 0 radical (unpaired) electrons. The van der Waals surface area contributed by atoms with E-state index in [9.17, 15) is 9.59 Å². The molecule has 0 unspecified atom stereocenters. The van der Waals surface area contributed by atoms with Gasteiger partial charge < -0.3 is 4.74 Å². The molecule has 1 aliphatic rings. The van der Waals surface area contributed by atoms with Crippen LogP contribution in [0.3, 0.4) is 0 Å². The van der Waals surface area contributed by atoms with Crippen molar-refractivity contribution in [2.45, 2.75) is 38.6 Å². The topological polar surface area (TPSA) is 61.2 Å². The SMILES string of the molecule is COC(=O)c1ccc(=O)n(CC2CCCCC2)n1. The minimum Gasteiger partial charge on any atom is -0.464 e. The number of carbonyl (C=O) groups excluding carboxylic acids is 1. The van der Waals surface area contributed by atoms with Gasteiger partial charge in [0.15, 0.2) is 5.69 Å². The lowest BCUT2D eigenvalue weighted by atomic mass is 9.89. The third kappa shape index (κ3) is 2.97. The molecule has 0 bridgehead atoms. The van der Waals surface area contributed by atoms with E-state index in [1.165, 1.54) is 43.2 Å². The predicted octanol–water partition coefficient (Wildman–Crippen LogP) is 1.61. The summed E-state index contributed by atoms with van der Waals surface area (Å²) < 4.78 is 6.00. The van der Waals surface area contributed by atoms with Crippen LogP contribution in [-0.4, -0.2) is 22.9 Å². The second kappa shape index (κ2) is 5.80. The lowest BCUT2D eigenvalue weighted by Crippen LogP contribution is -2.28. The van der Waals surface area contributed by atoms with Crippen LogP contribution in [0, 0.1) is 5.92 Å². The zero-order chi connectivity index (χ0) is 13.0. The molecule has 0 amide bonds. The number of carbonyl (C=O) groups is 1. The van der Waals surface area contributed by atoms with Gasteiger partial charge in [0, 0.05) is 12.6 Å². The number of hydrogen-bond acceptors (Lipinski definition) is 4. The number of esters is 1. The molecule has 0 saturated heterocycles. The van der Waals surface area contributed by atoms with E-state index in [-0.39, 0.29) is 11.3 Å². The molecule has 0 N–H and O–H groups in total. The molecule has 1 aliphatic carbocycles. The molecule has 1 saturated carbocycles. The van der Waals surface area contributed by atoms with Crippen LogP contribution in [0.1, 0.15) is 42.6 Å². The van der Waals surface area contributed by atoms with E-state index >= 15 is 0 Å². The molecule has 1 fully saturated rings. The largest absolute Gasteiger partial charge is 0.464 e. The average molecular weight is 250 g/mol. The van der Waals surface area contributed by atoms with Crippen LogP contribution >= 0.6 is 0 Å². The lowest BCUT2D eigenvalue weighted by molar-refractivity contribution is 0.0590. The first kappa shape index (κ1) is 12.8. The van der Waals surface area contributed by atoms with E-state index in [1.54, 1.807) is 0 Å². The first-order valence-electron chi connectivity index (χ1n) is 6.37. The summed E-state index contributed by atoms with van der Waals surface area (Å²) in [6.45, 7) is 0.601. The monoisotopic (exact) mass is 250 g/mol. The maximum Gasteiger partial charge on any atom is 0.358 e. The smallest absolute Gasteiger partial charge is 0.358 e. The van der Waals surface area contributed by atoms with E-state index in [1.807, 2.05) is 0 Å². The molecule has 0 spiro atoms. The van der Waals surface area contributed by atoms with Gasteiger partial charge in [0.05, 0.1) is 7.11 Å². The van der Waals surface area contributed by atoms with E-state index in [2.05, 4.69) is 9.84 Å². The zero-order valence-electron chi connectivity index (χ0n) is 10.6. The average Bonchev–Trinajstić information content (AvgIpc) is 2.41. The maximum absolute atomic E-state index is 11.7. The molecular formula is C13H18N2O3. The fourth-order valence-electron chi connectivity index (χ4n) is 2.41. The van der Waals surface area contributed by atoms with E-state index < -0.39 is 5.97 Å². The standard InChI is InChI=1S/C13H18N2O3/c1-18-13(17)11-7-8-12(16)15(14-11)9-10-5-3-2-4-6-10/h7-8,10H,2-6,9H2,1H3. The van der Waals surface area contributed by atoms with Crippen molar-refractivity contribution in [3.05, 3.63) is 28.2 Å². The van der Waals surface area contributed by atoms with Crippen LogP contribution in [-0.2, 0) is 11.3 Å². The first-order chi connectivity index (χ1) is 8.70. The van der Waals surface area contributed by atoms with Crippen LogP contribution in [0.2, 0.25) is 0 Å². The fourth-order valence-corrected chi connectivity index (χ4v) is 2.41. The van der Waals surface area contributed by atoms with Gasteiger partial charge in [0.1, 0.15) is 0 Å². The Balaban J connectivity index is 2.15. The van der Waals surface area contributed by atoms with E-state index in [0.717, 1.165) is 12.8 Å². The minimum absolute atomic E-state index is 0.159. The molecule has 98 valence electrons. The van der Waals surface area contributed by atoms with Crippen LogP contribution < -0.4 is 5.56 Å². The second-order valence-corrected chi connectivity index (χ2v) is 4.73. The minimum atomic E-state index is -0.507. The van der Waals surface area contributed by atoms with Gasteiger partial charge in [0.25, 0.3) is 5.56 Å². The summed E-state index contributed by atoms with van der Waals surface area (Å²) in [6, 6.07) is 2.79. The Morgan fingerprint density at radius 1 is 1.39 bits per heavy atom. The van der Waals surface area contributed by atoms with Crippen molar-refractivity contribution >= 4 is 5.97 Å². The van der Waals surface area contributed by atoms with Crippen molar-refractivity contribution < 1.29 is 9.53 Å². The third-order valence-corrected chi connectivity index (χ3v) is 3.42. The molecule has 1 heterocycles. The van der Waals surface area contributed by atoms with Gasteiger partial charge in [0.2, 0.25) is 0 Å². The third-order valence-electron chi connectivity index (χ3n) is 3.42. The van der Waals surface area contributed by atoms with Crippen molar-refractivity contribution in [2.24, 2.45) is 5.92 Å². The highest BCUT2D eigenvalue weighted by atomic mass is 16.5. The summed E-state index contributed by atoms with van der Waals surface area (Å²) in [5.74, 6) is -0.00996. The molecule has 1 aromatic rings. The fraction of sp³-hybridized carbons (Fsp3) is 0.615. The molecule has 1 aromatic heterocycles. The van der Waals surface area contributed by atoms with Gasteiger partial charge in [-0.2, -0.15) is 5.10 Å². The van der Waals surface area contributed by atoms with Gasteiger partial charge in [-0.25, -0.2) is 9.48 Å². The zero-order valence-corrected chi connectivity index (χ0v) is 10.6. The maximum atomic E-state index is 11.7. The van der Waals surface area contributed by atoms with E-state index in [0.29, 0.717) is 12.5 Å². The summed E-state index contributed by atoms with van der Waals surface area (Å²) in [6.07, 6.45) is 5.99.